The Morgan fingerprint density at radius 3 is 2.90 bits per heavy atom. The first-order valence-electron chi connectivity index (χ1n) is 6.78. The van der Waals surface area contributed by atoms with Crippen LogP contribution < -0.4 is 5.48 Å². The number of aliphatic imine (C=N–C) groups is 1. The lowest BCUT2D eigenvalue weighted by atomic mass is 10.2. The quantitative estimate of drug-likeness (QED) is 0.873. The van der Waals surface area contributed by atoms with Crippen molar-refractivity contribution in [3.8, 4) is 5.75 Å². The highest BCUT2D eigenvalue weighted by molar-refractivity contribution is 6.00. The average Bonchev–Trinajstić information content (AvgIpc) is 3.10. The lowest BCUT2D eigenvalue weighted by Gasteiger charge is -2.14. The summed E-state index contributed by atoms with van der Waals surface area (Å²) >= 11 is 0. The van der Waals surface area contributed by atoms with Gasteiger partial charge in [-0.1, -0.05) is 18.2 Å². The molecule has 0 aliphatic carbocycles. The molecule has 6 nitrogen and oxygen atoms in total. The third kappa shape index (κ3) is 2.60. The first-order valence-corrected chi connectivity index (χ1v) is 6.78. The maximum absolute atomic E-state index is 12.0. The summed E-state index contributed by atoms with van der Waals surface area (Å²) in [5, 5.41) is 9.76. The number of amides is 1. The second-order valence-electron chi connectivity index (χ2n) is 4.97. The molecule has 6 heteroatoms. The van der Waals surface area contributed by atoms with Gasteiger partial charge in [-0.2, -0.15) is 0 Å². The molecule has 2 aliphatic heterocycles. The number of aromatic hydroxyl groups is 1. The molecule has 3 rings (SSSR count). The van der Waals surface area contributed by atoms with Crippen LogP contribution in [0.2, 0.25) is 0 Å². The number of rotatable bonds is 3. The molecule has 1 amide bonds. The second kappa shape index (κ2) is 5.50. The van der Waals surface area contributed by atoms with E-state index in [1.165, 1.54) is 0 Å². The summed E-state index contributed by atoms with van der Waals surface area (Å²) in [5.74, 6) is 0.709. The van der Waals surface area contributed by atoms with Crippen LogP contribution in [0.15, 0.2) is 29.3 Å². The Bertz CT molecular complexity index is 538. The molecule has 1 fully saturated rings. The summed E-state index contributed by atoms with van der Waals surface area (Å²) in [6, 6.07) is 6.88. The maximum atomic E-state index is 12.0. The first kappa shape index (κ1) is 12.9. The summed E-state index contributed by atoms with van der Waals surface area (Å²) in [4.78, 5) is 23.5. The van der Waals surface area contributed by atoms with E-state index >= 15 is 0 Å². The van der Waals surface area contributed by atoms with Crippen molar-refractivity contribution < 1.29 is 14.7 Å². The molecule has 2 heterocycles. The van der Waals surface area contributed by atoms with E-state index in [4.69, 9.17) is 4.84 Å². The summed E-state index contributed by atoms with van der Waals surface area (Å²) in [6.45, 7) is 1.66. The normalized spacial score (nSPS) is 21.7. The Balaban J connectivity index is 1.66. The van der Waals surface area contributed by atoms with Gasteiger partial charge in [-0.25, -0.2) is 15.3 Å². The van der Waals surface area contributed by atoms with E-state index in [9.17, 15) is 9.90 Å². The van der Waals surface area contributed by atoms with Gasteiger partial charge >= 0.3 is 0 Å². The van der Waals surface area contributed by atoms with E-state index in [2.05, 4.69) is 10.5 Å². The van der Waals surface area contributed by atoms with Crippen molar-refractivity contribution in [1.29, 1.82) is 0 Å². The molecule has 1 unspecified atom stereocenters. The molecular weight excluding hydrogens is 258 g/mol. The molecule has 2 aliphatic rings. The number of nitrogens with zero attached hydrogens (tertiary/aromatic N) is 2. The lowest BCUT2D eigenvalue weighted by molar-refractivity contribution is -0.128. The van der Waals surface area contributed by atoms with Gasteiger partial charge in [0.15, 0.2) is 0 Å². The minimum absolute atomic E-state index is 0.0651. The number of hydroxylamine groups is 1. The largest absolute Gasteiger partial charge is 0.507 e. The van der Waals surface area contributed by atoms with Crippen LogP contribution >= 0.6 is 0 Å². The van der Waals surface area contributed by atoms with Gasteiger partial charge in [-0.05, 0) is 18.9 Å². The highest BCUT2D eigenvalue weighted by Crippen LogP contribution is 2.29. The summed E-state index contributed by atoms with van der Waals surface area (Å²) in [6.07, 6.45) is 1.76. The Morgan fingerprint density at radius 2 is 2.15 bits per heavy atom. The second-order valence-corrected chi connectivity index (χ2v) is 4.97. The van der Waals surface area contributed by atoms with E-state index in [-0.39, 0.29) is 18.1 Å². The third-order valence-corrected chi connectivity index (χ3v) is 3.54. The lowest BCUT2D eigenvalue weighted by Crippen LogP contribution is -2.32. The van der Waals surface area contributed by atoms with Crippen molar-refractivity contribution >= 4 is 11.7 Å². The van der Waals surface area contributed by atoms with Crippen LogP contribution in [0.4, 0.5) is 0 Å². The molecule has 2 N–H and O–H groups in total. The minimum atomic E-state index is -0.599. The van der Waals surface area contributed by atoms with Crippen LogP contribution in [0, 0.1) is 0 Å². The van der Waals surface area contributed by atoms with E-state index in [0.717, 1.165) is 25.9 Å². The molecule has 106 valence electrons. The highest BCUT2D eigenvalue weighted by Gasteiger charge is 2.26. The van der Waals surface area contributed by atoms with E-state index in [1.807, 2.05) is 4.90 Å². The van der Waals surface area contributed by atoms with Crippen molar-refractivity contribution in [2.75, 3.05) is 13.1 Å². The van der Waals surface area contributed by atoms with Crippen LogP contribution in [0.3, 0.4) is 0 Å². The van der Waals surface area contributed by atoms with Crippen molar-refractivity contribution in [2.45, 2.75) is 25.5 Å². The van der Waals surface area contributed by atoms with Crippen LogP contribution in [0.25, 0.3) is 0 Å². The van der Waals surface area contributed by atoms with E-state index < -0.39 is 6.23 Å². The van der Waals surface area contributed by atoms with Gasteiger partial charge in [-0.3, -0.25) is 4.79 Å². The molecule has 1 aromatic carbocycles. The van der Waals surface area contributed by atoms with Crippen LogP contribution in [-0.2, 0) is 9.63 Å². The van der Waals surface area contributed by atoms with Gasteiger partial charge in [-0.15, -0.1) is 0 Å². The van der Waals surface area contributed by atoms with Crippen LogP contribution in [0.1, 0.15) is 31.1 Å². The molecule has 0 spiro atoms. The van der Waals surface area contributed by atoms with Gasteiger partial charge < -0.3 is 10.0 Å². The molecule has 0 radical (unpaired) electrons. The van der Waals surface area contributed by atoms with Gasteiger partial charge in [0, 0.05) is 18.7 Å². The Hall–Kier alpha value is -2.08. The standard InChI is InChI=1S/C14H17N3O3/c18-11-6-2-1-5-10(11)14-15-12(16-20-14)9-13(19)17-7-3-4-8-17/h1-2,5-6,14,18H,3-4,7-9H2,(H,15,16). The molecular formula is C14H17N3O3. The minimum Gasteiger partial charge on any atom is -0.507 e. The third-order valence-electron chi connectivity index (χ3n) is 3.54. The Labute approximate surface area is 117 Å². The van der Waals surface area contributed by atoms with Crippen molar-refractivity contribution in [1.82, 2.24) is 10.4 Å². The van der Waals surface area contributed by atoms with Crippen LogP contribution in [-0.4, -0.2) is 34.8 Å². The summed E-state index contributed by atoms with van der Waals surface area (Å²) in [7, 11) is 0. The number of hydrogen-bond donors (Lipinski definition) is 2. The van der Waals surface area contributed by atoms with Crippen molar-refractivity contribution in [3.05, 3.63) is 29.8 Å². The Kier molecular flexibility index (Phi) is 3.56. The zero-order valence-corrected chi connectivity index (χ0v) is 11.1. The maximum Gasteiger partial charge on any atom is 0.230 e. The van der Waals surface area contributed by atoms with Crippen LogP contribution in [0.5, 0.6) is 5.75 Å². The number of nitrogens with one attached hydrogen (secondary N) is 1. The average molecular weight is 275 g/mol. The molecule has 0 aromatic heterocycles. The topological polar surface area (TPSA) is 74.2 Å². The highest BCUT2D eigenvalue weighted by atomic mass is 16.7. The molecule has 1 aromatic rings. The predicted octanol–water partition coefficient (Wildman–Crippen LogP) is 1.34. The Morgan fingerprint density at radius 1 is 1.40 bits per heavy atom. The number of hydrogen-bond acceptors (Lipinski definition) is 5. The molecule has 0 saturated carbocycles. The summed E-state index contributed by atoms with van der Waals surface area (Å²) in [5.41, 5.74) is 3.26. The van der Waals surface area contributed by atoms with Gasteiger partial charge in [0.1, 0.15) is 11.6 Å². The van der Waals surface area contributed by atoms with Crippen molar-refractivity contribution in [3.63, 3.8) is 0 Å². The number of phenolic OH excluding ortho intramolecular Hbond substituents is 1. The number of phenols is 1. The van der Waals surface area contributed by atoms with Crippen molar-refractivity contribution in [2.24, 2.45) is 4.99 Å². The zero-order chi connectivity index (χ0) is 13.9. The number of para-hydroxylation sites is 1. The zero-order valence-electron chi connectivity index (χ0n) is 11.1. The van der Waals surface area contributed by atoms with E-state index in [1.54, 1.807) is 24.3 Å². The fourth-order valence-corrected chi connectivity index (χ4v) is 2.45. The van der Waals surface area contributed by atoms with Gasteiger partial charge in [0.25, 0.3) is 0 Å². The fraction of sp³-hybridized carbons (Fsp3) is 0.429. The van der Waals surface area contributed by atoms with Gasteiger partial charge in [0.2, 0.25) is 12.1 Å². The molecule has 1 saturated heterocycles. The molecule has 1 atom stereocenters. The number of carbonyl (C=O) groups excluding carboxylic acids is 1. The fourth-order valence-electron chi connectivity index (χ4n) is 2.45. The number of likely N-dealkylation sites (tertiary alicyclic amines) is 1. The van der Waals surface area contributed by atoms with E-state index in [0.29, 0.717) is 11.4 Å². The van der Waals surface area contributed by atoms with Gasteiger partial charge in [0.05, 0.1) is 6.42 Å². The number of amidine groups is 1. The first-order chi connectivity index (χ1) is 9.74. The predicted molar refractivity (Wildman–Crippen MR) is 72.9 cm³/mol. The SMILES string of the molecule is O=C(CC1=NC(c2ccccc2O)ON1)N1CCCC1. The number of carbonyl (C=O) groups is 1. The monoisotopic (exact) mass is 275 g/mol. The molecule has 20 heavy (non-hydrogen) atoms. The summed E-state index contributed by atoms with van der Waals surface area (Å²) < 4.78 is 0. The number of benzene rings is 1. The molecule has 0 bridgehead atoms. The smallest absolute Gasteiger partial charge is 0.230 e.